The molecule has 0 aromatic heterocycles. The van der Waals surface area contributed by atoms with Crippen molar-refractivity contribution in [3.63, 3.8) is 0 Å². The molecule has 1 N–H and O–H groups in total. The quantitative estimate of drug-likeness (QED) is 0.426. The lowest BCUT2D eigenvalue weighted by atomic mass is 10.1. The van der Waals surface area contributed by atoms with Crippen LogP contribution in [-0.4, -0.2) is 16.9 Å². The van der Waals surface area contributed by atoms with Crippen LogP contribution in [0.2, 0.25) is 0 Å². The average molecular weight is 420 g/mol. The third-order valence-corrected chi connectivity index (χ3v) is 4.72. The van der Waals surface area contributed by atoms with E-state index in [2.05, 4.69) is 4.52 Å². The van der Waals surface area contributed by atoms with Crippen LogP contribution in [0.25, 0.3) is 10.8 Å². The second-order valence-corrected chi connectivity index (χ2v) is 8.49. The Hall–Kier alpha value is -2.37. The fourth-order valence-corrected chi connectivity index (χ4v) is 3.37. The minimum absolute atomic E-state index is 0.194. The fraction of sp³-hybridized carbons (Fsp3) is 0.150. The van der Waals surface area contributed by atoms with E-state index in [-0.39, 0.29) is 6.61 Å². The van der Waals surface area contributed by atoms with Gasteiger partial charge in [0.25, 0.3) is 0 Å². The van der Waals surface area contributed by atoms with Crippen molar-refractivity contribution in [2.24, 2.45) is 0 Å². The summed E-state index contributed by atoms with van der Waals surface area (Å²) in [5.41, 5.74) is 1.53. The maximum Gasteiger partial charge on any atom is 0.476 e. The van der Waals surface area contributed by atoms with Crippen molar-refractivity contribution in [1.82, 2.24) is 0 Å². The van der Waals surface area contributed by atoms with Gasteiger partial charge in [0.1, 0.15) is 0 Å². The van der Waals surface area contributed by atoms with Gasteiger partial charge in [0.05, 0.1) is 12.3 Å². The Bertz CT molecular complexity index is 1000. The number of halogens is 1. The molecule has 0 spiro atoms. The summed E-state index contributed by atoms with van der Waals surface area (Å²) in [4.78, 5) is 27.5. The van der Waals surface area contributed by atoms with Gasteiger partial charge in [-0.2, -0.15) is 0 Å². The molecule has 0 saturated carbocycles. The Morgan fingerprint density at radius 1 is 1.07 bits per heavy atom. The SMILES string of the molecule is C[C@@H](C(=O)OP(=O)(O)Cl)N(OCc1ccccc1)c1cccc2ccccc12. The van der Waals surface area contributed by atoms with Gasteiger partial charge in [-0.25, -0.2) is 14.4 Å². The fourth-order valence-electron chi connectivity index (χ4n) is 2.79. The molecule has 146 valence electrons. The lowest BCUT2D eigenvalue weighted by Crippen LogP contribution is -2.39. The molecule has 28 heavy (non-hydrogen) atoms. The molecule has 8 heteroatoms. The largest absolute Gasteiger partial charge is 0.476 e. The standard InChI is InChI=1S/C20H19ClNO5P/c1-15(20(23)27-28(21,24)25)22(26-14-16-8-3-2-4-9-16)19-13-7-11-17-10-5-6-12-18(17)19/h2-13,15H,14H2,1H3,(H,24,25)/t15-/m0/s1. The van der Waals surface area contributed by atoms with Crippen molar-refractivity contribution in [3.05, 3.63) is 78.4 Å². The second kappa shape index (κ2) is 8.76. The first-order chi connectivity index (χ1) is 13.3. The summed E-state index contributed by atoms with van der Waals surface area (Å²) in [5, 5.41) is 3.19. The zero-order valence-electron chi connectivity index (χ0n) is 15.1. The number of hydrogen-bond donors (Lipinski definition) is 1. The Kier molecular flexibility index (Phi) is 6.37. The Balaban J connectivity index is 1.95. The summed E-state index contributed by atoms with van der Waals surface area (Å²) in [5.74, 6) is -0.971. The molecule has 0 saturated heterocycles. The third-order valence-electron chi connectivity index (χ3n) is 4.11. The van der Waals surface area contributed by atoms with Crippen LogP contribution in [0.15, 0.2) is 72.8 Å². The van der Waals surface area contributed by atoms with Crippen LogP contribution in [0, 0.1) is 0 Å². The summed E-state index contributed by atoms with van der Waals surface area (Å²) in [6.45, 7) is -2.78. The highest BCUT2D eigenvalue weighted by atomic mass is 35.7. The van der Waals surface area contributed by atoms with Gasteiger partial charge in [0.15, 0.2) is 6.04 Å². The molecule has 0 radical (unpaired) electrons. The number of carbonyl (C=O) groups excluding carboxylic acids is 1. The van der Waals surface area contributed by atoms with Crippen LogP contribution in [0.1, 0.15) is 12.5 Å². The number of fused-ring (bicyclic) bond motifs is 1. The molecule has 3 aromatic rings. The molecule has 0 fully saturated rings. The molecule has 0 aliphatic rings. The highest BCUT2D eigenvalue weighted by Gasteiger charge is 2.31. The lowest BCUT2D eigenvalue weighted by molar-refractivity contribution is -0.138. The molecule has 3 rings (SSSR count). The van der Waals surface area contributed by atoms with Gasteiger partial charge in [0.2, 0.25) is 0 Å². The predicted octanol–water partition coefficient (Wildman–Crippen LogP) is 5.05. The van der Waals surface area contributed by atoms with Gasteiger partial charge >= 0.3 is 12.9 Å². The molecule has 0 aliphatic carbocycles. The Morgan fingerprint density at radius 2 is 1.71 bits per heavy atom. The summed E-state index contributed by atoms with van der Waals surface area (Å²) >= 11 is 5.20. The molecule has 6 nitrogen and oxygen atoms in total. The molecule has 1 unspecified atom stereocenters. The highest BCUT2D eigenvalue weighted by Crippen LogP contribution is 2.48. The number of hydroxylamine groups is 1. The van der Waals surface area contributed by atoms with E-state index in [1.807, 2.05) is 66.7 Å². The van der Waals surface area contributed by atoms with Crippen LogP contribution in [0.5, 0.6) is 0 Å². The van der Waals surface area contributed by atoms with Gasteiger partial charge in [-0.1, -0.05) is 66.7 Å². The molecule has 2 atom stereocenters. The molecule has 0 aliphatic heterocycles. The monoisotopic (exact) mass is 419 g/mol. The van der Waals surface area contributed by atoms with Crippen molar-refractivity contribution in [1.29, 1.82) is 0 Å². The van der Waals surface area contributed by atoms with E-state index in [0.29, 0.717) is 5.69 Å². The Labute approximate surface area is 167 Å². The van der Waals surface area contributed by atoms with Crippen LogP contribution >= 0.6 is 18.2 Å². The molecule has 0 amide bonds. The van der Waals surface area contributed by atoms with E-state index in [0.717, 1.165) is 16.3 Å². The van der Waals surface area contributed by atoms with Gasteiger partial charge in [-0.15, -0.1) is 0 Å². The normalized spacial score (nSPS) is 14.2. The smallest absolute Gasteiger partial charge is 0.379 e. The second-order valence-electron chi connectivity index (χ2n) is 6.12. The van der Waals surface area contributed by atoms with Crippen molar-refractivity contribution in [2.45, 2.75) is 19.6 Å². The summed E-state index contributed by atoms with van der Waals surface area (Å²) in [6.07, 6.45) is 0. The van der Waals surface area contributed by atoms with E-state index < -0.39 is 19.0 Å². The number of rotatable bonds is 7. The van der Waals surface area contributed by atoms with Crippen LogP contribution in [0.3, 0.4) is 0 Å². The summed E-state index contributed by atoms with van der Waals surface area (Å²) < 4.78 is 15.8. The summed E-state index contributed by atoms with van der Waals surface area (Å²) in [6, 6.07) is 21.6. The summed E-state index contributed by atoms with van der Waals surface area (Å²) in [7, 11) is 0. The third kappa shape index (κ3) is 5.12. The molecule has 0 heterocycles. The number of hydrogen-bond acceptors (Lipinski definition) is 5. The number of benzene rings is 3. The van der Waals surface area contributed by atoms with E-state index >= 15 is 0 Å². The van der Waals surface area contributed by atoms with Gasteiger partial charge in [-0.05, 0) is 23.9 Å². The van der Waals surface area contributed by atoms with Gasteiger partial charge in [-0.3, -0.25) is 4.84 Å². The Morgan fingerprint density at radius 3 is 2.43 bits per heavy atom. The van der Waals surface area contributed by atoms with E-state index in [1.54, 1.807) is 6.07 Å². The first-order valence-electron chi connectivity index (χ1n) is 8.55. The highest BCUT2D eigenvalue weighted by molar-refractivity contribution is 7.80. The maximum atomic E-state index is 12.4. The zero-order valence-corrected chi connectivity index (χ0v) is 16.7. The zero-order chi connectivity index (χ0) is 20.1. The first-order valence-corrected chi connectivity index (χ1v) is 11.0. The molecular weight excluding hydrogens is 401 g/mol. The maximum absolute atomic E-state index is 12.4. The number of carbonyl (C=O) groups is 1. The molecular formula is C20H19ClNO5P. The van der Waals surface area contributed by atoms with Crippen molar-refractivity contribution >= 4 is 40.6 Å². The van der Waals surface area contributed by atoms with Crippen molar-refractivity contribution in [3.8, 4) is 0 Å². The predicted molar refractivity (Wildman–Crippen MR) is 109 cm³/mol. The van der Waals surface area contributed by atoms with Crippen molar-refractivity contribution < 1.29 is 23.6 Å². The van der Waals surface area contributed by atoms with Gasteiger partial charge in [0, 0.05) is 16.6 Å². The first kappa shape index (κ1) is 20.4. The van der Waals surface area contributed by atoms with Crippen LogP contribution in [-0.2, 0) is 25.3 Å². The van der Waals surface area contributed by atoms with Crippen molar-refractivity contribution in [2.75, 3.05) is 5.06 Å². The van der Waals surface area contributed by atoms with E-state index in [4.69, 9.17) is 16.1 Å². The van der Waals surface area contributed by atoms with Crippen LogP contribution < -0.4 is 5.06 Å². The average Bonchev–Trinajstić information content (AvgIpc) is 2.67. The molecule has 0 bridgehead atoms. The molecule has 3 aromatic carbocycles. The minimum atomic E-state index is -4.49. The van der Waals surface area contributed by atoms with Gasteiger partial charge < -0.3 is 9.42 Å². The lowest BCUT2D eigenvalue weighted by Gasteiger charge is -2.29. The topological polar surface area (TPSA) is 76.1 Å². The van der Waals surface area contributed by atoms with E-state index in [1.165, 1.54) is 12.0 Å². The van der Waals surface area contributed by atoms with E-state index in [9.17, 15) is 14.3 Å². The van der Waals surface area contributed by atoms with Crippen LogP contribution in [0.4, 0.5) is 5.69 Å². The minimum Gasteiger partial charge on any atom is -0.379 e. The number of nitrogens with zero attached hydrogens (tertiary/aromatic N) is 1. The number of anilines is 1.